The lowest BCUT2D eigenvalue weighted by molar-refractivity contribution is 0.0940. The van der Waals surface area contributed by atoms with E-state index >= 15 is 0 Å². The Hall–Kier alpha value is -1.65. The van der Waals surface area contributed by atoms with Gasteiger partial charge in [-0.3, -0.25) is 4.79 Å². The van der Waals surface area contributed by atoms with Crippen LogP contribution in [-0.4, -0.2) is 5.91 Å². The molecule has 0 aliphatic rings. The van der Waals surface area contributed by atoms with Crippen molar-refractivity contribution in [2.24, 2.45) is 5.73 Å². The summed E-state index contributed by atoms with van der Waals surface area (Å²) in [6, 6.07) is 11.4. The van der Waals surface area contributed by atoms with Crippen LogP contribution in [0.4, 0.5) is 0 Å². The molecule has 0 aliphatic heterocycles. The first kappa shape index (κ1) is 12.8. The number of nitrogens with two attached hydrogens (primary N) is 1. The van der Waals surface area contributed by atoms with Crippen molar-refractivity contribution < 1.29 is 4.79 Å². The van der Waals surface area contributed by atoms with Gasteiger partial charge in [0.15, 0.2) is 0 Å². The van der Waals surface area contributed by atoms with Gasteiger partial charge >= 0.3 is 0 Å². The number of amides is 1. The smallest absolute Gasteiger partial charge is 0.251 e. The lowest BCUT2D eigenvalue weighted by atomic mass is 10.1. The van der Waals surface area contributed by atoms with Crippen molar-refractivity contribution >= 4 is 17.2 Å². The van der Waals surface area contributed by atoms with Crippen LogP contribution in [0.25, 0.3) is 0 Å². The van der Waals surface area contributed by atoms with Crippen LogP contribution in [0.1, 0.15) is 33.8 Å². The fourth-order valence-corrected chi connectivity index (χ4v) is 2.42. The number of hydrogen-bond donors (Lipinski definition) is 2. The zero-order valence-corrected chi connectivity index (χ0v) is 11.0. The van der Waals surface area contributed by atoms with Crippen LogP contribution in [-0.2, 0) is 6.54 Å². The molecule has 0 radical (unpaired) electrons. The summed E-state index contributed by atoms with van der Waals surface area (Å²) in [6.07, 6.45) is 0. The van der Waals surface area contributed by atoms with E-state index < -0.39 is 0 Å². The van der Waals surface area contributed by atoms with Gasteiger partial charge in [-0.1, -0.05) is 18.2 Å². The van der Waals surface area contributed by atoms with Crippen molar-refractivity contribution in [2.45, 2.75) is 19.5 Å². The molecule has 1 atom stereocenters. The fraction of sp³-hybridized carbons (Fsp3) is 0.214. The zero-order valence-electron chi connectivity index (χ0n) is 10.2. The third-order valence-electron chi connectivity index (χ3n) is 2.77. The van der Waals surface area contributed by atoms with Gasteiger partial charge in [-0.15, -0.1) is 11.3 Å². The first-order valence-electron chi connectivity index (χ1n) is 5.84. The Morgan fingerprint density at radius 2 is 2.06 bits per heavy atom. The van der Waals surface area contributed by atoms with Crippen molar-refractivity contribution in [2.75, 3.05) is 0 Å². The molecule has 94 valence electrons. The first-order valence-corrected chi connectivity index (χ1v) is 6.72. The van der Waals surface area contributed by atoms with Crippen LogP contribution >= 0.6 is 11.3 Å². The molecule has 0 fully saturated rings. The maximum Gasteiger partial charge on any atom is 0.251 e. The highest BCUT2D eigenvalue weighted by Gasteiger charge is 2.11. The van der Waals surface area contributed by atoms with E-state index in [0.717, 1.165) is 10.4 Å². The Balaban J connectivity index is 2.03. The van der Waals surface area contributed by atoms with Gasteiger partial charge in [0.2, 0.25) is 0 Å². The molecule has 0 bridgehead atoms. The molecule has 2 aromatic rings. The van der Waals surface area contributed by atoms with Gasteiger partial charge in [0, 0.05) is 17.0 Å². The average Bonchev–Trinajstić information content (AvgIpc) is 2.92. The maximum atomic E-state index is 12.0. The second-order valence-electron chi connectivity index (χ2n) is 4.11. The largest absolute Gasteiger partial charge is 0.345 e. The second kappa shape index (κ2) is 5.80. The van der Waals surface area contributed by atoms with Gasteiger partial charge in [0.25, 0.3) is 5.91 Å². The van der Waals surface area contributed by atoms with Crippen molar-refractivity contribution in [3.8, 4) is 0 Å². The van der Waals surface area contributed by atoms with Crippen molar-refractivity contribution in [3.05, 3.63) is 57.8 Å². The third-order valence-corrected chi connectivity index (χ3v) is 3.82. The highest BCUT2D eigenvalue weighted by Crippen LogP contribution is 2.18. The van der Waals surface area contributed by atoms with Crippen LogP contribution in [0.3, 0.4) is 0 Å². The Morgan fingerprint density at radius 3 is 2.61 bits per heavy atom. The summed E-state index contributed by atoms with van der Waals surface area (Å²) in [5, 5.41) is 4.98. The maximum absolute atomic E-state index is 12.0. The zero-order chi connectivity index (χ0) is 13.0. The van der Waals surface area contributed by atoms with E-state index in [9.17, 15) is 4.79 Å². The lowest BCUT2D eigenvalue weighted by Crippen LogP contribution is -2.26. The number of benzene rings is 1. The molecule has 0 spiro atoms. The molecule has 0 saturated heterocycles. The standard InChI is InChI=1S/C14H16N2OS/c1-10(13-3-2-8-18-13)16-14(17)12-6-4-11(9-15)5-7-12/h2-8,10H,9,15H2,1H3,(H,16,17)/t10-/m1/s1. The van der Waals surface area contributed by atoms with Crippen LogP contribution in [0.2, 0.25) is 0 Å². The highest BCUT2D eigenvalue weighted by atomic mass is 32.1. The van der Waals surface area contributed by atoms with Crippen LogP contribution in [0, 0.1) is 0 Å². The summed E-state index contributed by atoms with van der Waals surface area (Å²) >= 11 is 1.64. The summed E-state index contributed by atoms with van der Waals surface area (Å²) in [6.45, 7) is 2.48. The Labute approximate surface area is 111 Å². The molecule has 1 amide bonds. The second-order valence-corrected chi connectivity index (χ2v) is 5.09. The number of thiophene rings is 1. The van der Waals surface area contributed by atoms with E-state index in [2.05, 4.69) is 5.32 Å². The van der Waals surface area contributed by atoms with E-state index in [1.165, 1.54) is 0 Å². The van der Waals surface area contributed by atoms with E-state index in [1.807, 2.05) is 36.6 Å². The van der Waals surface area contributed by atoms with Crippen molar-refractivity contribution in [1.29, 1.82) is 0 Å². The number of rotatable bonds is 4. The van der Waals surface area contributed by atoms with Gasteiger partial charge in [0.05, 0.1) is 6.04 Å². The number of carbonyl (C=O) groups excluding carboxylic acids is 1. The molecule has 3 N–H and O–H groups in total. The fourth-order valence-electron chi connectivity index (χ4n) is 1.68. The van der Waals surface area contributed by atoms with Crippen molar-refractivity contribution in [3.63, 3.8) is 0 Å². The third kappa shape index (κ3) is 2.97. The normalized spacial score (nSPS) is 12.1. The quantitative estimate of drug-likeness (QED) is 0.888. The minimum atomic E-state index is -0.0560. The number of nitrogens with one attached hydrogen (secondary N) is 1. The number of hydrogen-bond acceptors (Lipinski definition) is 3. The molecular weight excluding hydrogens is 244 g/mol. The van der Waals surface area contributed by atoms with Crippen LogP contribution in [0.5, 0.6) is 0 Å². The van der Waals surface area contributed by atoms with Gasteiger partial charge < -0.3 is 11.1 Å². The Morgan fingerprint density at radius 1 is 1.33 bits per heavy atom. The lowest BCUT2D eigenvalue weighted by Gasteiger charge is -2.12. The monoisotopic (exact) mass is 260 g/mol. The summed E-state index contributed by atoms with van der Waals surface area (Å²) < 4.78 is 0. The van der Waals surface area contributed by atoms with Gasteiger partial charge in [0.1, 0.15) is 0 Å². The average molecular weight is 260 g/mol. The minimum Gasteiger partial charge on any atom is -0.345 e. The van der Waals surface area contributed by atoms with E-state index in [4.69, 9.17) is 5.73 Å². The van der Waals surface area contributed by atoms with Gasteiger partial charge in [-0.05, 0) is 36.1 Å². The molecule has 1 heterocycles. The Kier molecular flexibility index (Phi) is 4.12. The van der Waals surface area contributed by atoms with E-state index in [-0.39, 0.29) is 11.9 Å². The molecule has 0 saturated carbocycles. The Bertz CT molecular complexity index is 505. The molecule has 2 rings (SSSR count). The van der Waals surface area contributed by atoms with Gasteiger partial charge in [-0.2, -0.15) is 0 Å². The first-order chi connectivity index (χ1) is 8.70. The highest BCUT2D eigenvalue weighted by molar-refractivity contribution is 7.10. The molecule has 3 nitrogen and oxygen atoms in total. The summed E-state index contributed by atoms with van der Waals surface area (Å²) in [5.41, 5.74) is 7.21. The number of carbonyl (C=O) groups is 1. The summed E-state index contributed by atoms with van der Waals surface area (Å²) in [5.74, 6) is -0.0560. The minimum absolute atomic E-state index is 0.0340. The molecule has 0 aliphatic carbocycles. The summed E-state index contributed by atoms with van der Waals surface area (Å²) in [7, 11) is 0. The van der Waals surface area contributed by atoms with Crippen molar-refractivity contribution in [1.82, 2.24) is 5.32 Å². The van der Waals surface area contributed by atoms with E-state index in [0.29, 0.717) is 12.1 Å². The molecular formula is C14H16N2OS. The SMILES string of the molecule is C[C@@H](NC(=O)c1ccc(CN)cc1)c1cccs1. The molecule has 4 heteroatoms. The molecule has 1 aromatic heterocycles. The van der Waals surface area contributed by atoms with Gasteiger partial charge in [-0.25, -0.2) is 0 Å². The predicted octanol–water partition coefficient (Wildman–Crippen LogP) is 2.70. The molecule has 1 aromatic carbocycles. The van der Waals surface area contributed by atoms with Crippen LogP contribution in [0.15, 0.2) is 41.8 Å². The summed E-state index contributed by atoms with van der Waals surface area (Å²) in [4.78, 5) is 13.2. The molecule has 18 heavy (non-hydrogen) atoms. The topological polar surface area (TPSA) is 55.1 Å². The van der Waals surface area contributed by atoms with E-state index in [1.54, 1.807) is 23.5 Å². The van der Waals surface area contributed by atoms with Crippen LogP contribution < -0.4 is 11.1 Å². The predicted molar refractivity (Wildman–Crippen MR) is 74.5 cm³/mol. The molecule has 0 unspecified atom stereocenters.